The van der Waals surface area contributed by atoms with Gasteiger partial charge in [0.1, 0.15) is 11.1 Å². The molecule has 0 aromatic carbocycles. The maximum absolute atomic E-state index is 9.26. The van der Waals surface area contributed by atoms with Crippen LogP contribution in [-0.4, -0.2) is 17.1 Å². The first-order valence-corrected chi connectivity index (χ1v) is 4.75. The van der Waals surface area contributed by atoms with E-state index in [0.717, 1.165) is 17.2 Å². The Morgan fingerprint density at radius 1 is 1.67 bits per heavy atom. The van der Waals surface area contributed by atoms with Crippen LogP contribution in [0.4, 0.5) is 0 Å². The number of aliphatic hydroxyl groups excluding tert-OH is 1. The van der Waals surface area contributed by atoms with Crippen LogP contribution in [0.25, 0.3) is 0 Å². The molecule has 2 N–H and O–H groups in total. The summed E-state index contributed by atoms with van der Waals surface area (Å²) in [5, 5.41) is 13.1. The molecule has 68 valence electrons. The largest absolute Gasteiger partial charge is 0.386 e. The molecule has 4 heteroatoms. The van der Waals surface area contributed by atoms with E-state index in [1.807, 2.05) is 14.0 Å². The van der Waals surface area contributed by atoms with E-state index in [4.69, 9.17) is 0 Å². The SMILES string of the molecule is CNCc1sc(C(C)O)nc1C. The summed E-state index contributed by atoms with van der Waals surface area (Å²) in [5.74, 6) is 0. The third kappa shape index (κ3) is 2.03. The first-order valence-electron chi connectivity index (χ1n) is 3.94. The second kappa shape index (κ2) is 3.98. The molecular formula is C8H14N2OS. The van der Waals surface area contributed by atoms with Crippen LogP contribution in [0.15, 0.2) is 0 Å². The second-order valence-electron chi connectivity index (χ2n) is 2.77. The minimum atomic E-state index is -0.445. The maximum atomic E-state index is 9.26. The van der Waals surface area contributed by atoms with Gasteiger partial charge in [-0.05, 0) is 20.9 Å². The number of thiazole rings is 1. The van der Waals surface area contributed by atoms with E-state index in [1.165, 1.54) is 4.88 Å². The summed E-state index contributed by atoms with van der Waals surface area (Å²) in [5.41, 5.74) is 1.02. The van der Waals surface area contributed by atoms with Crippen LogP contribution in [0.5, 0.6) is 0 Å². The molecular weight excluding hydrogens is 172 g/mol. The smallest absolute Gasteiger partial charge is 0.122 e. The summed E-state index contributed by atoms with van der Waals surface area (Å²) >= 11 is 1.57. The van der Waals surface area contributed by atoms with Gasteiger partial charge in [-0.25, -0.2) is 4.98 Å². The average Bonchev–Trinajstić information content (AvgIpc) is 2.34. The van der Waals surface area contributed by atoms with Crippen LogP contribution in [0.2, 0.25) is 0 Å². The van der Waals surface area contributed by atoms with Crippen molar-refractivity contribution in [3.05, 3.63) is 15.6 Å². The van der Waals surface area contributed by atoms with E-state index in [0.29, 0.717) is 0 Å². The molecule has 3 nitrogen and oxygen atoms in total. The lowest BCUT2D eigenvalue weighted by Crippen LogP contribution is -2.04. The van der Waals surface area contributed by atoms with Gasteiger partial charge in [0.15, 0.2) is 0 Å². The summed E-state index contributed by atoms with van der Waals surface area (Å²) in [6.45, 7) is 4.53. The summed E-state index contributed by atoms with van der Waals surface area (Å²) in [7, 11) is 1.90. The van der Waals surface area contributed by atoms with E-state index in [9.17, 15) is 5.11 Å². The van der Waals surface area contributed by atoms with Crippen molar-refractivity contribution in [3.63, 3.8) is 0 Å². The molecule has 1 aromatic heterocycles. The Morgan fingerprint density at radius 2 is 2.33 bits per heavy atom. The van der Waals surface area contributed by atoms with Gasteiger partial charge in [-0.3, -0.25) is 0 Å². The highest BCUT2D eigenvalue weighted by Gasteiger charge is 2.09. The maximum Gasteiger partial charge on any atom is 0.122 e. The number of aromatic nitrogens is 1. The summed E-state index contributed by atoms with van der Waals surface area (Å²) in [6, 6.07) is 0. The molecule has 0 aliphatic rings. The van der Waals surface area contributed by atoms with Crippen molar-refractivity contribution in [1.82, 2.24) is 10.3 Å². The standard InChI is InChI=1S/C8H14N2OS/c1-5-7(4-9-3)12-8(10-5)6(2)11/h6,9,11H,4H2,1-3H3. The monoisotopic (exact) mass is 186 g/mol. The van der Waals surface area contributed by atoms with E-state index in [-0.39, 0.29) is 0 Å². The third-order valence-corrected chi connectivity index (χ3v) is 2.93. The van der Waals surface area contributed by atoms with Gasteiger partial charge in [-0.1, -0.05) is 0 Å². The fourth-order valence-corrected chi connectivity index (χ4v) is 1.97. The highest BCUT2D eigenvalue weighted by atomic mass is 32.1. The molecule has 12 heavy (non-hydrogen) atoms. The molecule has 0 aliphatic carbocycles. The van der Waals surface area contributed by atoms with Gasteiger partial charge in [-0.2, -0.15) is 0 Å². The Balaban J connectivity index is 2.85. The first-order chi connectivity index (χ1) is 5.65. The molecule has 0 saturated heterocycles. The van der Waals surface area contributed by atoms with Gasteiger partial charge in [0.2, 0.25) is 0 Å². The zero-order valence-electron chi connectivity index (χ0n) is 7.59. The second-order valence-corrected chi connectivity index (χ2v) is 3.88. The molecule has 1 unspecified atom stereocenters. The van der Waals surface area contributed by atoms with E-state index in [1.54, 1.807) is 18.3 Å². The van der Waals surface area contributed by atoms with Crippen LogP contribution in [0, 0.1) is 6.92 Å². The van der Waals surface area contributed by atoms with Crippen LogP contribution in [0.1, 0.15) is 28.6 Å². The lowest BCUT2D eigenvalue weighted by Gasteiger charge is -1.95. The number of aliphatic hydroxyl groups is 1. The van der Waals surface area contributed by atoms with Crippen molar-refractivity contribution < 1.29 is 5.11 Å². The summed E-state index contributed by atoms with van der Waals surface area (Å²) in [4.78, 5) is 5.46. The van der Waals surface area contributed by atoms with E-state index < -0.39 is 6.10 Å². The number of rotatable bonds is 3. The minimum absolute atomic E-state index is 0.445. The third-order valence-electron chi connectivity index (χ3n) is 1.60. The number of hydrogen-bond acceptors (Lipinski definition) is 4. The van der Waals surface area contributed by atoms with Crippen LogP contribution < -0.4 is 5.32 Å². The van der Waals surface area contributed by atoms with Crippen LogP contribution in [-0.2, 0) is 6.54 Å². The van der Waals surface area contributed by atoms with Gasteiger partial charge < -0.3 is 10.4 Å². The van der Waals surface area contributed by atoms with E-state index >= 15 is 0 Å². The highest BCUT2D eigenvalue weighted by molar-refractivity contribution is 7.11. The molecule has 0 radical (unpaired) electrons. The Bertz CT molecular complexity index is 258. The molecule has 0 bridgehead atoms. The van der Waals surface area contributed by atoms with Crippen molar-refractivity contribution in [1.29, 1.82) is 0 Å². The fraction of sp³-hybridized carbons (Fsp3) is 0.625. The van der Waals surface area contributed by atoms with Crippen LogP contribution >= 0.6 is 11.3 Å². The normalized spacial score (nSPS) is 13.3. The Kier molecular flexibility index (Phi) is 3.20. The molecule has 0 amide bonds. The van der Waals surface area contributed by atoms with Crippen molar-refractivity contribution >= 4 is 11.3 Å². The van der Waals surface area contributed by atoms with Crippen molar-refractivity contribution in [2.24, 2.45) is 0 Å². The molecule has 1 atom stereocenters. The lowest BCUT2D eigenvalue weighted by atomic mass is 10.4. The molecule has 1 rings (SSSR count). The number of aryl methyl sites for hydroxylation is 1. The van der Waals surface area contributed by atoms with Gasteiger partial charge >= 0.3 is 0 Å². The molecule has 0 fully saturated rings. The van der Waals surface area contributed by atoms with Crippen molar-refractivity contribution in [3.8, 4) is 0 Å². The van der Waals surface area contributed by atoms with Crippen LogP contribution in [0.3, 0.4) is 0 Å². The van der Waals surface area contributed by atoms with E-state index in [2.05, 4.69) is 10.3 Å². The van der Waals surface area contributed by atoms with Crippen molar-refractivity contribution in [2.45, 2.75) is 26.5 Å². The lowest BCUT2D eigenvalue weighted by molar-refractivity contribution is 0.198. The Hall–Kier alpha value is -0.450. The number of hydrogen-bond donors (Lipinski definition) is 2. The predicted molar refractivity (Wildman–Crippen MR) is 50.2 cm³/mol. The quantitative estimate of drug-likeness (QED) is 0.746. The molecule has 0 aliphatic heterocycles. The number of nitrogens with one attached hydrogen (secondary N) is 1. The Labute approximate surface area is 76.5 Å². The Morgan fingerprint density at radius 3 is 2.75 bits per heavy atom. The molecule has 0 spiro atoms. The predicted octanol–water partition coefficient (Wildman–Crippen LogP) is 1.22. The molecule has 1 aromatic rings. The van der Waals surface area contributed by atoms with Crippen molar-refractivity contribution in [2.75, 3.05) is 7.05 Å². The number of nitrogens with zero attached hydrogens (tertiary/aromatic N) is 1. The highest BCUT2D eigenvalue weighted by Crippen LogP contribution is 2.22. The average molecular weight is 186 g/mol. The summed E-state index contributed by atoms with van der Waals surface area (Å²) in [6.07, 6.45) is -0.445. The van der Waals surface area contributed by atoms with Gasteiger partial charge in [-0.15, -0.1) is 11.3 Å². The fourth-order valence-electron chi connectivity index (χ4n) is 0.954. The zero-order chi connectivity index (χ0) is 9.14. The molecule has 1 heterocycles. The molecule has 0 saturated carbocycles. The zero-order valence-corrected chi connectivity index (χ0v) is 8.40. The van der Waals surface area contributed by atoms with Gasteiger partial charge in [0.05, 0.1) is 5.69 Å². The van der Waals surface area contributed by atoms with Gasteiger partial charge in [0.25, 0.3) is 0 Å². The summed E-state index contributed by atoms with van der Waals surface area (Å²) < 4.78 is 0. The van der Waals surface area contributed by atoms with Gasteiger partial charge in [0, 0.05) is 11.4 Å². The first kappa shape index (κ1) is 9.64. The minimum Gasteiger partial charge on any atom is -0.386 e. The topological polar surface area (TPSA) is 45.1 Å².